The molecule has 0 atom stereocenters. The molecule has 0 radical (unpaired) electrons. The molecule has 0 aliphatic heterocycles. The highest BCUT2D eigenvalue weighted by atomic mass is 79.9. The average Bonchev–Trinajstić information content (AvgIpc) is 2.60. The first kappa shape index (κ1) is 18.4. The minimum Gasteiger partial charge on any atom is -0.341 e. The van der Waals surface area contributed by atoms with Crippen LogP contribution in [0.4, 0.5) is 0 Å². The molecule has 1 amide bonds. The number of ketones is 1. The molecule has 0 saturated heterocycles. The molecule has 2 rings (SSSR count). The van der Waals surface area contributed by atoms with Crippen molar-refractivity contribution in [2.45, 2.75) is 32.7 Å². The van der Waals surface area contributed by atoms with Crippen molar-refractivity contribution >= 4 is 27.6 Å². The van der Waals surface area contributed by atoms with Crippen LogP contribution < -0.4 is 0 Å². The van der Waals surface area contributed by atoms with Gasteiger partial charge < -0.3 is 4.90 Å². The topological polar surface area (TPSA) is 37.4 Å². The zero-order chi connectivity index (χ0) is 17.5. The van der Waals surface area contributed by atoms with Crippen LogP contribution in [-0.4, -0.2) is 23.6 Å². The summed E-state index contributed by atoms with van der Waals surface area (Å²) in [7, 11) is 1.78. The number of carbonyl (C=O) groups is 2. The molecule has 2 aromatic carbocycles. The first-order valence-corrected chi connectivity index (χ1v) is 8.89. The minimum absolute atomic E-state index is 0.00320. The van der Waals surface area contributed by atoms with Crippen LogP contribution in [0, 0.1) is 0 Å². The molecular weight excluding hydrogens is 366 g/mol. The van der Waals surface area contributed by atoms with Crippen molar-refractivity contribution in [3.8, 4) is 0 Å². The van der Waals surface area contributed by atoms with E-state index in [1.54, 1.807) is 24.1 Å². The lowest BCUT2D eigenvalue weighted by molar-refractivity contribution is -0.130. The largest absolute Gasteiger partial charge is 0.341 e. The molecule has 0 bridgehead atoms. The molecule has 0 heterocycles. The minimum atomic E-state index is -0.0139. The second kappa shape index (κ2) is 8.78. The van der Waals surface area contributed by atoms with Gasteiger partial charge in [0.25, 0.3) is 0 Å². The molecule has 0 spiro atoms. The Morgan fingerprint density at radius 1 is 0.917 bits per heavy atom. The second-order valence-corrected chi connectivity index (χ2v) is 6.77. The standard InChI is InChI=1S/C20H22BrNO2/c1-3-15-4-6-16(7-5-15)14-22(2)20(24)13-12-19(23)17-8-10-18(21)11-9-17/h4-11H,3,12-14H2,1-2H3. The molecule has 24 heavy (non-hydrogen) atoms. The third kappa shape index (κ3) is 5.31. The van der Waals surface area contributed by atoms with Crippen molar-refractivity contribution < 1.29 is 9.59 Å². The van der Waals surface area contributed by atoms with Gasteiger partial charge in [0.2, 0.25) is 5.91 Å². The first-order chi connectivity index (χ1) is 11.5. The van der Waals surface area contributed by atoms with E-state index < -0.39 is 0 Å². The maximum atomic E-state index is 12.2. The van der Waals surface area contributed by atoms with Gasteiger partial charge in [-0.2, -0.15) is 0 Å². The number of benzene rings is 2. The third-order valence-electron chi connectivity index (χ3n) is 4.01. The summed E-state index contributed by atoms with van der Waals surface area (Å²) >= 11 is 3.34. The van der Waals surface area contributed by atoms with E-state index in [0.29, 0.717) is 12.1 Å². The first-order valence-electron chi connectivity index (χ1n) is 8.10. The molecule has 0 aromatic heterocycles. The zero-order valence-electron chi connectivity index (χ0n) is 14.1. The molecule has 0 fully saturated rings. The van der Waals surface area contributed by atoms with Crippen molar-refractivity contribution in [3.05, 3.63) is 69.7 Å². The lowest BCUT2D eigenvalue weighted by atomic mass is 10.1. The number of amides is 1. The highest BCUT2D eigenvalue weighted by Crippen LogP contribution is 2.13. The van der Waals surface area contributed by atoms with Gasteiger partial charge in [-0.15, -0.1) is 0 Å². The fourth-order valence-electron chi connectivity index (χ4n) is 2.43. The number of rotatable bonds is 7. The maximum Gasteiger partial charge on any atom is 0.223 e. The van der Waals surface area contributed by atoms with Crippen LogP contribution >= 0.6 is 15.9 Å². The molecule has 4 heteroatoms. The van der Waals surface area contributed by atoms with Gasteiger partial charge in [-0.05, 0) is 29.7 Å². The Labute approximate surface area is 151 Å². The fraction of sp³-hybridized carbons (Fsp3) is 0.300. The van der Waals surface area contributed by atoms with Crippen LogP contribution in [0.25, 0.3) is 0 Å². The van der Waals surface area contributed by atoms with E-state index in [9.17, 15) is 9.59 Å². The lowest BCUT2D eigenvalue weighted by Crippen LogP contribution is -2.26. The summed E-state index contributed by atoms with van der Waals surface area (Å²) in [5.74, 6) is -0.0171. The van der Waals surface area contributed by atoms with Crippen molar-refractivity contribution in [1.29, 1.82) is 0 Å². The summed E-state index contributed by atoms with van der Waals surface area (Å²) in [6, 6.07) is 15.5. The van der Waals surface area contributed by atoms with Crippen LogP contribution in [0.2, 0.25) is 0 Å². The summed E-state index contributed by atoms with van der Waals surface area (Å²) in [5.41, 5.74) is 3.03. The predicted molar refractivity (Wildman–Crippen MR) is 100 cm³/mol. The monoisotopic (exact) mass is 387 g/mol. The van der Waals surface area contributed by atoms with Gasteiger partial charge in [-0.1, -0.05) is 59.3 Å². The second-order valence-electron chi connectivity index (χ2n) is 5.85. The number of aryl methyl sites for hydroxylation is 1. The summed E-state index contributed by atoms with van der Waals surface area (Å²) in [6.07, 6.45) is 1.48. The smallest absolute Gasteiger partial charge is 0.223 e. The lowest BCUT2D eigenvalue weighted by Gasteiger charge is -2.17. The van der Waals surface area contributed by atoms with Crippen LogP contribution in [-0.2, 0) is 17.8 Å². The van der Waals surface area contributed by atoms with Crippen LogP contribution in [0.3, 0.4) is 0 Å². The van der Waals surface area contributed by atoms with E-state index in [1.807, 2.05) is 12.1 Å². The van der Waals surface area contributed by atoms with Crippen LogP contribution in [0.5, 0.6) is 0 Å². The zero-order valence-corrected chi connectivity index (χ0v) is 15.7. The van der Waals surface area contributed by atoms with Crippen molar-refractivity contribution in [1.82, 2.24) is 4.90 Å². The number of nitrogens with zero attached hydrogens (tertiary/aromatic N) is 1. The third-order valence-corrected chi connectivity index (χ3v) is 4.54. The molecule has 0 aliphatic rings. The highest BCUT2D eigenvalue weighted by molar-refractivity contribution is 9.10. The Balaban J connectivity index is 1.84. The molecule has 0 aliphatic carbocycles. The van der Waals surface area contributed by atoms with Gasteiger partial charge >= 0.3 is 0 Å². The fourth-order valence-corrected chi connectivity index (χ4v) is 2.70. The number of hydrogen-bond donors (Lipinski definition) is 0. The van der Waals surface area contributed by atoms with Crippen molar-refractivity contribution in [2.75, 3.05) is 7.05 Å². The Bertz CT molecular complexity index is 693. The van der Waals surface area contributed by atoms with E-state index in [0.717, 1.165) is 16.5 Å². The molecule has 2 aromatic rings. The van der Waals surface area contributed by atoms with Crippen molar-refractivity contribution in [2.24, 2.45) is 0 Å². The van der Waals surface area contributed by atoms with Gasteiger partial charge in [-0.25, -0.2) is 0 Å². The van der Waals surface area contributed by atoms with Gasteiger partial charge in [0.1, 0.15) is 0 Å². The maximum absolute atomic E-state index is 12.2. The quantitative estimate of drug-likeness (QED) is 0.649. The Morgan fingerprint density at radius 2 is 1.50 bits per heavy atom. The predicted octanol–water partition coefficient (Wildman–Crippen LogP) is 4.63. The molecule has 0 saturated carbocycles. The van der Waals surface area contributed by atoms with E-state index in [4.69, 9.17) is 0 Å². The van der Waals surface area contributed by atoms with E-state index in [1.165, 1.54) is 5.56 Å². The molecule has 0 unspecified atom stereocenters. The Morgan fingerprint density at radius 3 is 2.08 bits per heavy atom. The van der Waals surface area contributed by atoms with Gasteiger partial charge in [-0.3, -0.25) is 9.59 Å². The summed E-state index contributed by atoms with van der Waals surface area (Å²) < 4.78 is 0.934. The number of halogens is 1. The van der Waals surface area contributed by atoms with Gasteiger partial charge in [0, 0.05) is 36.5 Å². The normalized spacial score (nSPS) is 10.5. The SMILES string of the molecule is CCc1ccc(CN(C)C(=O)CCC(=O)c2ccc(Br)cc2)cc1. The highest BCUT2D eigenvalue weighted by Gasteiger charge is 2.13. The van der Waals surface area contributed by atoms with E-state index >= 15 is 0 Å². The summed E-state index contributed by atoms with van der Waals surface area (Å²) in [4.78, 5) is 26.0. The summed E-state index contributed by atoms with van der Waals surface area (Å²) in [5, 5.41) is 0. The average molecular weight is 388 g/mol. The molecule has 0 N–H and O–H groups in total. The van der Waals surface area contributed by atoms with Gasteiger partial charge in [0.05, 0.1) is 0 Å². The number of hydrogen-bond acceptors (Lipinski definition) is 2. The molecule has 3 nitrogen and oxygen atoms in total. The van der Waals surface area contributed by atoms with Crippen molar-refractivity contribution in [3.63, 3.8) is 0 Å². The number of Topliss-reactive ketones (excluding diaryl/α,β-unsaturated/α-hetero) is 1. The Hall–Kier alpha value is -1.94. The molecule has 126 valence electrons. The van der Waals surface area contributed by atoms with Crippen LogP contribution in [0.1, 0.15) is 41.3 Å². The molecular formula is C20H22BrNO2. The summed E-state index contributed by atoms with van der Waals surface area (Å²) in [6.45, 7) is 2.68. The Kier molecular flexibility index (Phi) is 6.73. The van der Waals surface area contributed by atoms with Crippen LogP contribution in [0.15, 0.2) is 53.0 Å². The van der Waals surface area contributed by atoms with Gasteiger partial charge in [0.15, 0.2) is 5.78 Å². The van der Waals surface area contributed by atoms with E-state index in [-0.39, 0.29) is 24.5 Å². The number of carbonyl (C=O) groups excluding carboxylic acids is 2. The van der Waals surface area contributed by atoms with E-state index in [2.05, 4.69) is 47.1 Å².